The fourth-order valence-electron chi connectivity index (χ4n) is 3.50. The molecule has 0 spiro atoms. The number of ketones is 2. The summed E-state index contributed by atoms with van der Waals surface area (Å²) in [6, 6.07) is 15.3. The molecule has 0 fully saturated rings. The van der Waals surface area contributed by atoms with E-state index in [0.29, 0.717) is 22.6 Å². The molecule has 2 aromatic carbocycles. The number of ether oxygens (including phenoxy) is 2. The zero-order valence-corrected chi connectivity index (χ0v) is 19.3. The van der Waals surface area contributed by atoms with Crippen LogP contribution in [0.15, 0.2) is 72.8 Å². The van der Waals surface area contributed by atoms with Gasteiger partial charge in [-0.25, -0.2) is 0 Å². The Bertz CT molecular complexity index is 920. The standard InChI is InChI=1S/C27H32O4/c1-17(2)25(28)19(5)30-23-15-11-9-13-21(23)27(7,8)22-14-10-12-16-24(22)31-20(6)26(29)18(3)4/h9-16,19-20H,1,3H2,2,4-8H3. The number of rotatable bonds is 10. The first-order chi connectivity index (χ1) is 14.5. The molecule has 4 nitrogen and oxygen atoms in total. The SMILES string of the molecule is C=C(C)C(=O)C(C)Oc1ccccc1C(C)(C)c1ccccc1OC(C)C(=O)C(=C)C. The molecule has 0 aliphatic carbocycles. The summed E-state index contributed by atoms with van der Waals surface area (Å²) in [7, 11) is 0. The fraction of sp³-hybridized carbons (Fsp3) is 0.333. The highest BCUT2D eigenvalue weighted by atomic mass is 16.5. The zero-order chi connectivity index (χ0) is 23.3. The van der Waals surface area contributed by atoms with E-state index in [9.17, 15) is 9.59 Å². The molecule has 164 valence electrons. The van der Waals surface area contributed by atoms with Gasteiger partial charge in [0.05, 0.1) is 0 Å². The molecule has 0 aromatic heterocycles. The van der Waals surface area contributed by atoms with E-state index >= 15 is 0 Å². The second kappa shape index (κ2) is 9.78. The van der Waals surface area contributed by atoms with Gasteiger partial charge in [-0.2, -0.15) is 0 Å². The molecule has 2 aromatic rings. The predicted molar refractivity (Wildman–Crippen MR) is 125 cm³/mol. The van der Waals surface area contributed by atoms with Gasteiger partial charge in [-0.1, -0.05) is 63.4 Å². The van der Waals surface area contributed by atoms with Gasteiger partial charge in [0, 0.05) is 16.5 Å². The van der Waals surface area contributed by atoms with Crippen LogP contribution in [0.25, 0.3) is 0 Å². The Balaban J connectivity index is 2.45. The molecule has 0 heterocycles. The number of hydrogen-bond donors (Lipinski definition) is 0. The van der Waals surface area contributed by atoms with Crippen LogP contribution >= 0.6 is 0 Å². The van der Waals surface area contributed by atoms with E-state index in [-0.39, 0.29) is 11.6 Å². The molecule has 0 saturated carbocycles. The lowest BCUT2D eigenvalue weighted by atomic mass is 9.77. The van der Waals surface area contributed by atoms with E-state index in [4.69, 9.17) is 9.47 Å². The van der Waals surface area contributed by atoms with Crippen LogP contribution in [-0.4, -0.2) is 23.8 Å². The molecule has 0 saturated heterocycles. The Morgan fingerprint density at radius 3 is 1.39 bits per heavy atom. The van der Waals surface area contributed by atoms with E-state index in [2.05, 4.69) is 27.0 Å². The minimum atomic E-state index is -0.644. The second-order valence-electron chi connectivity index (χ2n) is 8.43. The van der Waals surface area contributed by atoms with Crippen LogP contribution < -0.4 is 9.47 Å². The average molecular weight is 421 g/mol. The molecule has 4 heteroatoms. The lowest BCUT2D eigenvalue weighted by Crippen LogP contribution is -2.28. The van der Waals surface area contributed by atoms with Crippen LogP contribution in [-0.2, 0) is 15.0 Å². The van der Waals surface area contributed by atoms with Gasteiger partial charge in [-0.3, -0.25) is 9.59 Å². The maximum absolute atomic E-state index is 12.3. The molecule has 2 atom stereocenters. The quantitative estimate of drug-likeness (QED) is 0.453. The molecule has 2 rings (SSSR count). The minimum Gasteiger partial charge on any atom is -0.482 e. The summed E-state index contributed by atoms with van der Waals surface area (Å²) in [5, 5.41) is 0. The van der Waals surface area contributed by atoms with Crippen LogP contribution in [0.4, 0.5) is 0 Å². The highest BCUT2D eigenvalue weighted by Crippen LogP contribution is 2.41. The first-order valence-corrected chi connectivity index (χ1v) is 10.4. The molecule has 0 N–H and O–H groups in total. The highest BCUT2D eigenvalue weighted by molar-refractivity contribution is 5.98. The van der Waals surface area contributed by atoms with Crippen molar-refractivity contribution >= 4 is 11.6 Å². The van der Waals surface area contributed by atoms with Crippen LogP contribution in [0.5, 0.6) is 11.5 Å². The summed E-state index contributed by atoms with van der Waals surface area (Å²) in [5.41, 5.74) is 2.21. The second-order valence-corrected chi connectivity index (χ2v) is 8.43. The maximum atomic E-state index is 12.3. The molecule has 31 heavy (non-hydrogen) atoms. The molecular weight excluding hydrogens is 388 g/mol. The first kappa shape index (κ1) is 24.1. The summed E-state index contributed by atoms with van der Waals surface area (Å²) < 4.78 is 12.1. The number of carbonyl (C=O) groups excluding carboxylic acids is 2. The van der Waals surface area contributed by atoms with Crippen molar-refractivity contribution in [2.45, 2.75) is 59.2 Å². The molecule has 0 amide bonds. The minimum absolute atomic E-state index is 0.136. The highest BCUT2D eigenvalue weighted by Gasteiger charge is 2.31. The Hall–Kier alpha value is -3.14. The van der Waals surface area contributed by atoms with Crippen molar-refractivity contribution in [1.82, 2.24) is 0 Å². The largest absolute Gasteiger partial charge is 0.482 e. The van der Waals surface area contributed by atoms with Crippen molar-refractivity contribution in [3.8, 4) is 11.5 Å². The van der Waals surface area contributed by atoms with E-state index < -0.39 is 17.6 Å². The van der Waals surface area contributed by atoms with Crippen molar-refractivity contribution < 1.29 is 19.1 Å². The molecule has 0 aliphatic rings. The van der Waals surface area contributed by atoms with Gasteiger partial charge in [0.25, 0.3) is 0 Å². The smallest absolute Gasteiger partial charge is 0.198 e. The lowest BCUT2D eigenvalue weighted by Gasteiger charge is -2.31. The van der Waals surface area contributed by atoms with Crippen LogP contribution in [0.1, 0.15) is 52.7 Å². The fourth-order valence-corrected chi connectivity index (χ4v) is 3.50. The van der Waals surface area contributed by atoms with Crippen LogP contribution in [0.3, 0.4) is 0 Å². The van der Waals surface area contributed by atoms with Gasteiger partial charge < -0.3 is 9.47 Å². The molecule has 0 bridgehead atoms. The number of benzene rings is 2. The molecule has 0 aliphatic heterocycles. The third-order valence-electron chi connectivity index (χ3n) is 5.31. The van der Waals surface area contributed by atoms with Crippen molar-refractivity contribution in [2.75, 3.05) is 0 Å². The van der Waals surface area contributed by atoms with Crippen molar-refractivity contribution in [1.29, 1.82) is 0 Å². The average Bonchev–Trinajstić information content (AvgIpc) is 2.72. The van der Waals surface area contributed by atoms with Gasteiger partial charge in [-0.05, 0) is 51.0 Å². The lowest BCUT2D eigenvalue weighted by molar-refractivity contribution is -0.121. The molecule has 2 unspecified atom stereocenters. The van der Waals surface area contributed by atoms with E-state index in [1.807, 2.05) is 48.5 Å². The van der Waals surface area contributed by atoms with E-state index in [1.54, 1.807) is 27.7 Å². The number of hydrogen-bond acceptors (Lipinski definition) is 4. The van der Waals surface area contributed by atoms with E-state index in [1.165, 1.54) is 0 Å². The van der Waals surface area contributed by atoms with Crippen LogP contribution in [0.2, 0.25) is 0 Å². The van der Waals surface area contributed by atoms with Gasteiger partial charge in [-0.15, -0.1) is 0 Å². The van der Waals surface area contributed by atoms with Crippen molar-refractivity contribution in [2.24, 2.45) is 0 Å². The van der Waals surface area contributed by atoms with Gasteiger partial charge >= 0.3 is 0 Å². The van der Waals surface area contributed by atoms with Crippen LogP contribution in [0, 0.1) is 0 Å². The zero-order valence-electron chi connectivity index (χ0n) is 19.3. The third kappa shape index (κ3) is 5.52. The van der Waals surface area contributed by atoms with Gasteiger partial charge in [0.15, 0.2) is 23.8 Å². The monoisotopic (exact) mass is 420 g/mol. The summed E-state index contributed by atoms with van der Waals surface area (Å²) in [5.74, 6) is 0.970. The summed E-state index contributed by atoms with van der Waals surface area (Å²) in [6.07, 6.45) is -1.29. The Morgan fingerprint density at radius 2 is 1.06 bits per heavy atom. The van der Waals surface area contributed by atoms with E-state index in [0.717, 1.165) is 11.1 Å². The number of carbonyl (C=O) groups is 2. The van der Waals surface area contributed by atoms with Crippen molar-refractivity contribution in [3.05, 3.63) is 84.0 Å². The summed E-state index contributed by atoms with van der Waals surface area (Å²) in [6.45, 7) is 18.4. The number of Topliss-reactive ketones (excluding diaryl/α,β-unsaturated/α-hetero) is 2. The topological polar surface area (TPSA) is 52.6 Å². The molecular formula is C27H32O4. The number of para-hydroxylation sites is 2. The Morgan fingerprint density at radius 1 is 0.742 bits per heavy atom. The van der Waals surface area contributed by atoms with Gasteiger partial charge in [0.2, 0.25) is 0 Å². The third-order valence-corrected chi connectivity index (χ3v) is 5.31. The van der Waals surface area contributed by atoms with Gasteiger partial charge in [0.1, 0.15) is 11.5 Å². The first-order valence-electron chi connectivity index (χ1n) is 10.4. The Kier molecular flexibility index (Phi) is 7.61. The normalized spacial score (nSPS) is 13.1. The molecule has 0 radical (unpaired) electrons. The Labute approximate surface area is 185 Å². The maximum Gasteiger partial charge on any atom is 0.198 e. The predicted octanol–water partition coefficient (Wildman–Crippen LogP) is 5.84. The van der Waals surface area contributed by atoms with Crippen molar-refractivity contribution in [3.63, 3.8) is 0 Å². The summed E-state index contributed by atoms with van der Waals surface area (Å²) in [4.78, 5) is 24.6. The summed E-state index contributed by atoms with van der Waals surface area (Å²) >= 11 is 0.